The predicted octanol–water partition coefficient (Wildman–Crippen LogP) is 3.11. The van der Waals surface area contributed by atoms with Crippen molar-refractivity contribution in [2.45, 2.75) is 6.04 Å². The Labute approximate surface area is 117 Å². The van der Waals surface area contributed by atoms with Crippen LogP contribution in [0.25, 0.3) is 0 Å². The van der Waals surface area contributed by atoms with Gasteiger partial charge in [0.2, 0.25) is 0 Å². The predicted molar refractivity (Wildman–Crippen MR) is 76.0 cm³/mol. The number of ether oxygens (including phenoxy) is 2. The third kappa shape index (κ3) is 2.14. The van der Waals surface area contributed by atoms with Gasteiger partial charge < -0.3 is 14.8 Å². The fraction of sp³-hybridized carbons (Fsp3) is 0.188. The smallest absolute Gasteiger partial charge is 0.124 e. The summed E-state index contributed by atoms with van der Waals surface area (Å²) < 4.78 is 10.8. The van der Waals surface area contributed by atoms with E-state index >= 15 is 0 Å². The highest BCUT2D eigenvalue weighted by Gasteiger charge is 2.24. The standard InChI is InChI=1S/C16H14N2O2/c1-19-12-7-6-11(9-17)14(8-12)18-15-10-20-16-5-3-2-4-13(15)16/h2-8,15,18H,10H2,1H3. The van der Waals surface area contributed by atoms with E-state index in [1.807, 2.05) is 30.3 Å². The fourth-order valence-electron chi connectivity index (χ4n) is 2.34. The first kappa shape index (κ1) is 12.4. The minimum absolute atomic E-state index is 0.0467. The molecule has 2 aromatic rings. The summed E-state index contributed by atoms with van der Waals surface area (Å²) in [6, 6.07) is 15.5. The van der Waals surface area contributed by atoms with E-state index in [0.29, 0.717) is 12.2 Å². The van der Waals surface area contributed by atoms with Gasteiger partial charge in [-0.15, -0.1) is 0 Å². The van der Waals surface area contributed by atoms with Gasteiger partial charge in [0.05, 0.1) is 24.4 Å². The molecule has 2 aromatic carbocycles. The lowest BCUT2D eigenvalue weighted by Crippen LogP contribution is -2.12. The molecule has 4 heteroatoms. The molecule has 1 N–H and O–H groups in total. The van der Waals surface area contributed by atoms with Gasteiger partial charge in [-0.25, -0.2) is 0 Å². The number of hydrogen-bond donors (Lipinski definition) is 1. The Bertz CT molecular complexity index is 676. The molecule has 0 saturated heterocycles. The first-order chi connectivity index (χ1) is 9.81. The van der Waals surface area contributed by atoms with Crippen LogP contribution in [0.4, 0.5) is 5.69 Å². The van der Waals surface area contributed by atoms with Crippen molar-refractivity contribution >= 4 is 5.69 Å². The molecule has 0 amide bonds. The second-order valence-electron chi connectivity index (χ2n) is 4.57. The zero-order valence-corrected chi connectivity index (χ0v) is 11.1. The van der Waals surface area contributed by atoms with Crippen LogP contribution in [0.1, 0.15) is 17.2 Å². The van der Waals surface area contributed by atoms with Crippen molar-refractivity contribution in [1.29, 1.82) is 5.26 Å². The van der Waals surface area contributed by atoms with Crippen molar-refractivity contribution < 1.29 is 9.47 Å². The maximum atomic E-state index is 9.19. The highest BCUT2D eigenvalue weighted by molar-refractivity contribution is 5.62. The molecule has 100 valence electrons. The molecule has 0 saturated carbocycles. The van der Waals surface area contributed by atoms with E-state index in [0.717, 1.165) is 22.7 Å². The molecule has 1 aliphatic heterocycles. The van der Waals surface area contributed by atoms with Gasteiger partial charge in [0.25, 0.3) is 0 Å². The number of fused-ring (bicyclic) bond motifs is 1. The van der Waals surface area contributed by atoms with E-state index in [4.69, 9.17) is 9.47 Å². The van der Waals surface area contributed by atoms with Crippen LogP contribution in [-0.4, -0.2) is 13.7 Å². The SMILES string of the molecule is COc1ccc(C#N)c(NC2COc3ccccc32)c1. The number of rotatable bonds is 3. The van der Waals surface area contributed by atoms with Gasteiger partial charge in [0.1, 0.15) is 24.2 Å². The number of benzene rings is 2. The zero-order chi connectivity index (χ0) is 13.9. The van der Waals surface area contributed by atoms with Crippen LogP contribution in [-0.2, 0) is 0 Å². The van der Waals surface area contributed by atoms with Gasteiger partial charge in [-0.05, 0) is 18.2 Å². The lowest BCUT2D eigenvalue weighted by molar-refractivity contribution is 0.339. The quantitative estimate of drug-likeness (QED) is 0.927. The van der Waals surface area contributed by atoms with E-state index in [1.54, 1.807) is 19.2 Å². The van der Waals surface area contributed by atoms with Gasteiger partial charge in [-0.1, -0.05) is 18.2 Å². The Kier molecular flexibility index (Phi) is 3.18. The summed E-state index contributed by atoms with van der Waals surface area (Å²) in [5.41, 5.74) is 2.46. The van der Waals surface area contributed by atoms with Crippen LogP contribution in [0.5, 0.6) is 11.5 Å². The van der Waals surface area contributed by atoms with Gasteiger partial charge in [-0.2, -0.15) is 5.26 Å². The molecule has 0 spiro atoms. The summed E-state index contributed by atoms with van der Waals surface area (Å²) in [5, 5.41) is 12.6. The Balaban J connectivity index is 1.91. The number of anilines is 1. The molecule has 3 rings (SSSR count). The average molecular weight is 266 g/mol. The summed E-state index contributed by atoms with van der Waals surface area (Å²) in [6.07, 6.45) is 0. The largest absolute Gasteiger partial charge is 0.497 e. The third-order valence-corrected chi connectivity index (χ3v) is 3.38. The van der Waals surface area contributed by atoms with Crippen molar-refractivity contribution in [3.8, 4) is 17.6 Å². The van der Waals surface area contributed by atoms with Crippen molar-refractivity contribution in [2.24, 2.45) is 0 Å². The first-order valence-corrected chi connectivity index (χ1v) is 6.38. The molecule has 0 aliphatic carbocycles. The van der Waals surface area contributed by atoms with E-state index in [9.17, 15) is 5.26 Å². The van der Waals surface area contributed by atoms with Crippen LogP contribution in [0.15, 0.2) is 42.5 Å². The lowest BCUT2D eigenvalue weighted by atomic mass is 10.1. The van der Waals surface area contributed by atoms with Crippen molar-refractivity contribution in [3.63, 3.8) is 0 Å². The Morgan fingerprint density at radius 2 is 2.15 bits per heavy atom. The van der Waals surface area contributed by atoms with Crippen LogP contribution >= 0.6 is 0 Å². The molecule has 1 unspecified atom stereocenters. The van der Waals surface area contributed by atoms with E-state index < -0.39 is 0 Å². The highest BCUT2D eigenvalue weighted by atomic mass is 16.5. The number of nitrogens with zero attached hydrogens (tertiary/aromatic N) is 1. The number of hydrogen-bond acceptors (Lipinski definition) is 4. The molecule has 0 fully saturated rings. The number of para-hydroxylation sites is 1. The summed E-state index contributed by atoms with van der Waals surface area (Å²) in [7, 11) is 1.61. The molecule has 0 aromatic heterocycles. The summed E-state index contributed by atoms with van der Waals surface area (Å²) in [5.74, 6) is 1.62. The number of nitriles is 1. The van der Waals surface area contributed by atoms with Crippen LogP contribution in [0, 0.1) is 11.3 Å². The number of methoxy groups -OCH3 is 1. The normalized spacial score (nSPS) is 15.9. The number of nitrogens with one attached hydrogen (secondary N) is 1. The molecule has 1 heterocycles. The Morgan fingerprint density at radius 1 is 1.30 bits per heavy atom. The van der Waals surface area contributed by atoms with E-state index in [-0.39, 0.29) is 6.04 Å². The molecule has 0 radical (unpaired) electrons. The van der Waals surface area contributed by atoms with Gasteiger partial charge in [0.15, 0.2) is 0 Å². The Hall–Kier alpha value is -2.67. The third-order valence-electron chi connectivity index (χ3n) is 3.38. The maximum Gasteiger partial charge on any atom is 0.124 e. The van der Waals surface area contributed by atoms with E-state index in [2.05, 4.69) is 11.4 Å². The fourth-order valence-corrected chi connectivity index (χ4v) is 2.34. The van der Waals surface area contributed by atoms with Gasteiger partial charge in [0, 0.05) is 11.6 Å². The summed E-state index contributed by atoms with van der Waals surface area (Å²) >= 11 is 0. The van der Waals surface area contributed by atoms with Crippen molar-refractivity contribution in [3.05, 3.63) is 53.6 Å². The molecule has 20 heavy (non-hydrogen) atoms. The van der Waals surface area contributed by atoms with Gasteiger partial charge in [-0.3, -0.25) is 0 Å². The second kappa shape index (κ2) is 5.14. The molecule has 1 aliphatic rings. The molecule has 4 nitrogen and oxygen atoms in total. The van der Waals surface area contributed by atoms with Crippen molar-refractivity contribution in [1.82, 2.24) is 0 Å². The topological polar surface area (TPSA) is 54.3 Å². The first-order valence-electron chi connectivity index (χ1n) is 6.38. The molecular formula is C16H14N2O2. The monoisotopic (exact) mass is 266 g/mol. The molecule has 1 atom stereocenters. The molecule has 0 bridgehead atoms. The summed E-state index contributed by atoms with van der Waals surface area (Å²) in [6.45, 7) is 0.557. The summed E-state index contributed by atoms with van der Waals surface area (Å²) in [4.78, 5) is 0. The van der Waals surface area contributed by atoms with Crippen LogP contribution < -0.4 is 14.8 Å². The average Bonchev–Trinajstić information content (AvgIpc) is 2.90. The van der Waals surface area contributed by atoms with E-state index in [1.165, 1.54) is 0 Å². The zero-order valence-electron chi connectivity index (χ0n) is 11.1. The minimum Gasteiger partial charge on any atom is -0.497 e. The lowest BCUT2D eigenvalue weighted by Gasteiger charge is -2.15. The van der Waals surface area contributed by atoms with Crippen molar-refractivity contribution in [2.75, 3.05) is 19.0 Å². The molecular weight excluding hydrogens is 252 g/mol. The second-order valence-corrected chi connectivity index (χ2v) is 4.57. The van der Waals surface area contributed by atoms with Crippen LogP contribution in [0.3, 0.4) is 0 Å². The minimum atomic E-state index is 0.0467. The Morgan fingerprint density at radius 3 is 2.95 bits per heavy atom. The highest BCUT2D eigenvalue weighted by Crippen LogP contribution is 2.35. The maximum absolute atomic E-state index is 9.19. The van der Waals surface area contributed by atoms with Gasteiger partial charge >= 0.3 is 0 Å². The van der Waals surface area contributed by atoms with Crippen LogP contribution in [0.2, 0.25) is 0 Å².